The van der Waals surface area contributed by atoms with Gasteiger partial charge in [0.05, 0.1) is 16.6 Å². The molecule has 0 aliphatic carbocycles. The van der Waals surface area contributed by atoms with Gasteiger partial charge in [-0.25, -0.2) is 0 Å². The van der Waals surface area contributed by atoms with Crippen LogP contribution in [0, 0.1) is 0 Å². The first-order chi connectivity index (χ1) is 8.19. The first-order valence-electron chi connectivity index (χ1n) is 5.26. The molecule has 0 unspecified atom stereocenters. The molecule has 5 heteroatoms. The van der Waals surface area contributed by atoms with E-state index in [2.05, 4.69) is 27.8 Å². The Hall–Kier alpha value is -0.650. The van der Waals surface area contributed by atoms with E-state index in [-0.39, 0.29) is 0 Å². The van der Waals surface area contributed by atoms with Crippen molar-refractivity contribution in [2.75, 3.05) is 19.4 Å². The van der Waals surface area contributed by atoms with Gasteiger partial charge in [0.2, 0.25) is 0 Å². The van der Waals surface area contributed by atoms with Crippen molar-refractivity contribution in [1.29, 1.82) is 0 Å². The molecule has 17 heavy (non-hydrogen) atoms. The Kier molecular flexibility index (Phi) is 6.47. The predicted molar refractivity (Wildman–Crippen MR) is 78.2 cm³/mol. The summed E-state index contributed by atoms with van der Waals surface area (Å²) in [5.74, 6) is 1.73. The third-order valence-electron chi connectivity index (χ3n) is 2.12. The Bertz CT molecular complexity index is 385. The molecule has 1 aromatic carbocycles. The van der Waals surface area contributed by atoms with E-state index in [1.54, 1.807) is 18.9 Å². The Labute approximate surface area is 115 Å². The molecule has 0 atom stereocenters. The highest BCUT2D eigenvalue weighted by Gasteiger charge is 2.06. The first kappa shape index (κ1) is 14.4. The van der Waals surface area contributed by atoms with Crippen LogP contribution in [0.5, 0.6) is 5.75 Å². The molecule has 0 fully saturated rings. The van der Waals surface area contributed by atoms with Crippen molar-refractivity contribution in [2.24, 2.45) is 5.73 Å². The average Bonchev–Trinajstić information content (AvgIpc) is 2.33. The highest BCUT2D eigenvalue weighted by atomic mass is 79.9. The molecule has 0 spiro atoms. The summed E-state index contributed by atoms with van der Waals surface area (Å²) < 4.78 is 6.30. The molecule has 0 aromatic heterocycles. The zero-order chi connectivity index (χ0) is 12.7. The van der Waals surface area contributed by atoms with Gasteiger partial charge in [-0.2, -0.15) is 0 Å². The van der Waals surface area contributed by atoms with E-state index in [0.29, 0.717) is 13.1 Å². The van der Waals surface area contributed by atoms with Crippen molar-refractivity contribution >= 4 is 27.7 Å². The minimum atomic E-state index is 0.658. The fourth-order valence-corrected chi connectivity index (χ4v) is 2.46. The lowest BCUT2D eigenvalue weighted by molar-refractivity contribution is 0.406. The molecular formula is C12H17BrN2OS. The van der Waals surface area contributed by atoms with E-state index < -0.39 is 0 Å². The SMILES string of the molecule is C=C(NCc1cccc(Br)c1OC)SCCN. The third kappa shape index (κ3) is 4.61. The van der Waals surface area contributed by atoms with E-state index in [0.717, 1.165) is 26.6 Å². The second-order valence-corrected chi connectivity index (χ2v) is 5.39. The van der Waals surface area contributed by atoms with Gasteiger partial charge >= 0.3 is 0 Å². The van der Waals surface area contributed by atoms with Gasteiger partial charge in [-0.15, -0.1) is 11.8 Å². The number of hydrogen-bond donors (Lipinski definition) is 2. The van der Waals surface area contributed by atoms with E-state index in [1.807, 2.05) is 18.2 Å². The fraction of sp³-hybridized carbons (Fsp3) is 0.333. The Morgan fingerprint density at radius 1 is 1.59 bits per heavy atom. The van der Waals surface area contributed by atoms with Crippen LogP contribution in [0.1, 0.15) is 5.56 Å². The van der Waals surface area contributed by atoms with Crippen LogP contribution in [0.3, 0.4) is 0 Å². The van der Waals surface area contributed by atoms with Crippen LogP contribution in [-0.2, 0) is 6.54 Å². The number of benzene rings is 1. The zero-order valence-corrected chi connectivity index (χ0v) is 12.2. The second-order valence-electron chi connectivity index (χ2n) is 3.35. The molecule has 1 rings (SSSR count). The van der Waals surface area contributed by atoms with E-state index in [9.17, 15) is 0 Å². The van der Waals surface area contributed by atoms with E-state index in [1.165, 1.54) is 0 Å². The first-order valence-corrected chi connectivity index (χ1v) is 7.04. The number of halogens is 1. The van der Waals surface area contributed by atoms with Gasteiger partial charge in [0.1, 0.15) is 5.75 Å². The summed E-state index contributed by atoms with van der Waals surface area (Å²) in [6, 6.07) is 5.97. The molecule has 94 valence electrons. The van der Waals surface area contributed by atoms with E-state index in [4.69, 9.17) is 10.5 Å². The molecular weight excluding hydrogens is 300 g/mol. The summed E-state index contributed by atoms with van der Waals surface area (Å²) >= 11 is 5.09. The lowest BCUT2D eigenvalue weighted by Crippen LogP contribution is -2.12. The van der Waals surface area contributed by atoms with Crippen molar-refractivity contribution in [3.05, 3.63) is 39.8 Å². The van der Waals surface area contributed by atoms with Gasteiger partial charge < -0.3 is 15.8 Å². The second kappa shape index (κ2) is 7.63. The molecule has 0 amide bonds. The van der Waals surface area contributed by atoms with Crippen LogP contribution < -0.4 is 15.8 Å². The van der Waals surface area contributed by atoms with Crippen LogP contribution in [0.2, 0.25) is 0 Å². The van der Waals surface area contributed by atoms with E-state index >= 15 is 0 Å². The van der Waals surface area contributed by atoms with Crippen molar-refractivity contribution < 1.29 is 4.74 Å². The quantitative estimate of drug-likeness (QED) is 0.812. The number of rotatable bonds is 7. The molecule has 0 bridgehead atoms. The third-order valence-corrected chi connectivity index (χ3v) is 3.68. The maximum absolute atomic E-state index is 5.43. The summed E-state index contributed by atoms with van der Waals surface area (Å²) in [5, 5.41) is 4.18. The zero-order valence-electron chi connectivity index (χ0n) is 9.83. The number of para-hydroxylation sites is 1. The monoisotopic (exact) mass is 316 g/mol. The van der Waals surface area contributed by atoms with Gasteiger partial charge in [0, 0.05) is 24.4 Å². The minimum Gasteiger partial charge on any atom is -0.495 e. The van der Waals surface area contributed by atoms with Gasteiger partial charge in [-0.3, -0.25) is 0 Å². The summed E-state index contributed by atoms with van der Waals surface area (Å²) in [4.78, 5) is 0. The molecule has 0 heterocycles. The largest absolute Gasteiger partial charge is 0.495 e. The highest BCUT2D eigenvalue weighted by molar-refractivity contribution is 9.10. The van der Waals surface area contributed by atoms with Crippen LogP contribution in [0.4, 0.5) is 0 Å². The molecule has 0 aliphatic rings. The Morgan fingerprint density at radius 2 is 2.35 bits per heavy atom. The number of hydrogen-bond acceptors (Lipinski definition) is 4. The van der Waals surface area contributed by atoms with Gasteiger partial charge in [0.15, 0.2) is 0 Å². The molecule has 1 aromatic rings. The maximum atomic E-state index is 5.43. The predicted octanol–water partition coefficient (Wildman–Crippen LogP) is 2.71. The molecule has 0 saturated carbocycles. The van der Waals surface area contributed by atoms with Crippen LogP contribution in [0.15, 0.2) is 34.3 Å². The smallest absolute Gasteiger partial charge is 0.138 e. The normalized spacial score (nSPS) is 10.1. The van der Waals surface area contributed by atoms with Crippen molar-refractivity contribution in [2.45, 2.75) is 6.54 Å². The molecule has 0 radical (unpaired) electrons. The van der Waals surface area contributed by atoms with Crippen molar-refractivity contribution in [1.82, 2.24) is 5.32 Å². The number of ether oxygens (including phenoxy) is 1. The van der Waals surface area contributed by atoms with Crippen LogP contribution in [0.25, 0.3) is 0 Å². The molecule has 0 aliphatic heterocycles. The summed E-state index contributed by atoms with van der Waals surface area (Å²) in [6.07, 6.45) is 0. The van der Waals surface area contributed by atoms with Crippen molar-refractivity contribution in [3.8, 4) is 5.75 Å². The number of thioether (sulfide) groups is 1. The molecule has 3 nitrogen and oxygen atoms in total. The fourth-order valence-electron chi connectivity index (χ4n) is 1.35. The average molecular weight is 317 g/mol. The topological polar surface area (TPSA) is 47.3 Å². The van der Waals surface area contributed by atoms with Gasteiger partial charge in [-0.05, 0) is 22.0 Å². The number of nitrogens with two attached hydrogens (primary N) is 1. The summed E-state index contributed by atoms with van der Waals surface area (Å²) in [6.45, 7) is 5.28. The van der Waals surface area contributed by atoms with Crippen LogP contribution in [-0.4, -0.2) is 19.4 Å². The van der Waals surface area contributed by atoms with Gasteiger partial charge in [0.25, 0.3) is 0 Å². The molecule has 3 N–H and O–H groups in total. The summed E-state index contributed by atoms with van der Waals surface area (Å²) in [7, 11) is 1.67. The lowest BCUT2D eigenvalue weighted by Gasteiger charge is -2.12. The molecule has 0 saturated heterocycles. The van der Waals surface area contributed by atoms with Crippen molar-refractivity contribution in [3.63, 3.8) is 0 Å². The lowest BCUT2D eigenvalue weighted by atomic mass is 10.2. The highest BCUT2D eigenvalue weighted by Crippen LogP contribution is 2.28. The minimum absolute atomic E-state index is 0.658. The summed E-state index contributed by atoms with van der Waals surface area (Å²) in [5.41, 5.74) is 6.53. The maximum Gasteiger partial charge on any atom is 0.138 e. The number of nitrogens with one attached hydrogen (secondary N) is 1. The van der Waals surface area contributed by atoms with Gasteiger partial charge in [-0.1, -0.05) is 18.7 Å². The standard InChI is InChI=1S/C12H17BrN2OS/c1-9(17-7-6-14)15-8-10-4-3-5-11(13)12(10)16-2/h3-5,15H,1,6-8,14H2,2H3. The Balaban J connectivity index is 2.57. The van der Waals surface area contributed by atoms with Crippen LogP contribution >= 0.6 is 27.7 Å². The Morgan fingerprint density at radius 3 is 3.00 bits per heavy atom. The number of methoxy groups -OCH3 is 1.